The lowest BCUT2D eigenvalue weighted by atomic mass is 10.1. The third-order valence-corrected chi connectivity index (χ3v) is 2.19. The van der Waals surface area contributed by atoms with E-state index >= 15 is 0 Å². The van der Waals surface area contributed by atoms with Crippen LogP contribution in [0.4, 0.5) is 0 Å². The topological polar surface area (TPSA) is 26.3 Å². The predicted molar refractivity (Wildman–Crippen MR) is 70.4 cm³/mol. The van der Waals surface area contributed by atoms with Crippen molar-refractivity contribution in [2.24, 2.45) is 0 Å². The van der Waals surface area contributed by atoms with Gasteiger partial charge in [0.05, 0.1) is 12.2 Å². The van der Waals surface area contributed by atoms with Crippen molar-refractivity contribution in [2.45, 2.75) is 6.92 Å². The van der Waals surface area contributed by atoms with Gasteiger partial charge in [0.15, 0.2) is 0 Å². The van der Waals surface area contributed by atoms with E-state index in [0.717, 1.165) is 5.56 Å². The number of carbonyl (C=O) groups is 1. The minimum Gasteiger partial charge on any atom is -0.462 e. The summed E-state index contributed by atoms with van der Waals surface area (Å²) >= 11 is 0. The molecule has 88 valence electrons. The molecule has 0 unspecified atom stereocenters. The number of hydrogen-bond donors (Lipinski definition) is 0. The first kappa shape index (κ1) is 13.0. The number of hydrogen-bond acceptors (Lipinski definition) is 2. The molecule has 0 N–H and O–H groups in total. The number of allylic oxidation sites excluding steroid dienone is 1. The lowest BCUT2D eigenvalue weighted by Crippen LogP contribution is -2.07. The second kappa shape index (κ2) is 6.48. The fraction of sp³-hybridized carbons (Fsp3) is 0.133. The van der Waals surface area contributed by atoms with E-state index in [4.69, 9.17) is 4.74 Å². The Morgan fingerprint density at radius 3 is 2.53 bits per heavy atom. The van der Waals surface area contributed by atoms with Gasteiger partial charge in [-0.3, -0.25) is 0 Å². The van der Waals surface area contributed by atoms with E-state index in [0.29, 0.717) is 17.8 Å². The molecule has 1 aromatic rings. The quantitative estimate of drug-likeness (QED) is 0.439. The van der Waals surface area contributed by atoms with E-state index in [-0.39, 0.29) is 0 Å². The number of rotatable bonds is 5. The maximum Gasteiger partial charge on any atom is 0.338 e. The van der Waals surface area contributed by atoms with Crippen LogP contribution in [0.2, 0.25) is 0 Å². The third kappa shape index (κ3) is 4.11. The van der Waals surface area contributed by atoms with Crippen LogP contribution in [0, 0.1) is 0 Å². The molecule has 17 heavy (non-hydrogen) atoms. The molecule has 0 amide bonds. The van der Waals surface area contributed by atoms with Gasteiger partial charge in [-0.05, 0) is 18.1 Å². The Bertz CT molecular complexity index is 441. The first-order valence-corrected chi connectivity index (χ1v) is 5.43. The molecule has 0 atom stereocenters. The molecule has 2 heteroatoms. The zero-order valence-electron chi connectivity index (χ0n) is 9.98. The van der Waals surface area contributed by atoms with Crippen molar-refractivity contribution in [2.75, 3.05) is 6.61 Å². The largest absolute Gasteiger partial charge is 0.462 e. The van der Waals surface area contributed by atoms with Gasteiger partial charge in [-0.15, -0.1) is 0 Å². The summed E-state index contributed by atoms with van der Waals surface area (Å²) in [6, 6.07) is 9.78. The van der Waals surface area contributed by atoms with Crippen LogP contribution in [0.25, 0.3) is 6.08 Å². The summed E-state index contributed by atoms with van der Waals surface area (Å²) in [6.45, 7) is 9.54. The molecular formula is C15H16O2. The molecule has 1 aromatic carbocycles. The molecule has 0 aliphatic heterocycles. The van der Waals surface area contributed by atoms with Crippen LogP contribution >= 0.6 is 0 Å². The minimum absolute atomic E-state index is 0.291. The van der Waals surface area contributed by atoms with Crippen molar-refractivity contribution in [1.29, 1.82) is 0 Å². The van der Waals surface area contributed by atoms with Crippen LogP contribution in [0.5, 0.6) is 0 Å². The zero-order chi connectivity index (χ0) is 12.7. The van der Waals surface area contributed by atoms with Gasteiger partial charge in [0.25, 0.3) is 0 Å². The van der Waals surface area contributed by atoms with Crippen LogP contribution in [-0.4, -0.2) is 12.6 Å². The lowest BCUT2D eigenvalue weighted by molar-refractivity contribution is -0.138. The van der Waals surface area contributed by atoms with E-state index in [1.54, 1.807) is 13.0 Å². The van der Waals surface area contributed by atoms with E-state index in [2.05, 4.69) is 13.2 Å². The normalized spacial score (nSPS) is 10.2. The second-order valence-electron chi connectivity index (χ2n) is 3.47. The molecule has 1 rings (SSSR count). The standard InChI is InChI=1S/C15H16O2/c1-4-17-15(16)13(3)12(2)10-11-14-8-6-5-7-9-14/h5-11H,2-4H2,1H3/b11-10+. The Morgan fingerprint density at radius 2 is 1.94 bits per heavy atom. The van der Waals surface area contributed by atoms with Gasteiger partial charge < -0.3 is 4.74 Å². The average Bonchev–Trinajstić information content (AvgIpc) is 2.36. The molecule has 0 fully saturated rings. The molecule has 0 radical (unpaired) electrons. The molecule has 0 saturated heterocycles. The molecule has 0 heterocycles. The maximum atomic E-state index is 11.4. The SMILES string of the molecule is C=C(/C=C/c1ccccc1)C(=C)C(=O)OCC. The van der Waals surface area contributed by atoms with Gasteiger partial charge in [0.1, 0.15) is 0 Å². The highest BCUT2D eigenvalue weighted by Crippen LogP contribution is 2.11. The van der Waals surface area contributed by atoms with Gasteiger partial charge in [-0.1, -0.05) is 55.6 Å². The molecule has 0 spiro atoms. The van der Waals surface area contributed by atoms with E-state index in [1.807, 2.05) is 36.4 Å². The fourth-order valence-electron chi connectivity index (χ4n) is 1.21. The van der Waals surface area contributed by atoms with E-state index in [9.17, 15) is 4.79 Å². The maximum absolute atomic E-state index is 11.4. The molecule has 0 aliphatic carbocycles. The summed E-state index contributed by atoms with van der Waals surface area (Å²) in [6.07, 6.45) is 3.64. The van der Waals surface area contributed by atoms with Gasteiger partial charge >= 0.3 is 5.97 Å². The Kier molecular flexibility index (Phi) is 4.95. The minimum atomic E-state index is -0.421. The molecule has 2 nitrogen and oxygen atoms in total. The number of benzene rings is 1. The monoisotopic (exact) mass is 228 g/mol. The number of esters is 1. The van der Waals surface area contributed by atoms with Gasteiger partial charge in [0.2, 0.25) is 0 Å². The van der Waals surface area contributed by atoms with Crippen LogP contribution in [0.1, 0.15) is 12.5 Å². The van der Waals surface area contributed by atoms with E-state index < -0.39 is 5.97 Å². The van der Waals surface area contributed by atoms with E-state index in [1.165, 1.54) is 0 Å². The highest BCUT2D eigenvalue weighted by Gasteiger charge is 2.08. The van der Waals surface area contributed by atoms with Gasteiger partial charge in [-0.25, -0.2) is 4.79 Å². The van der Waals surface area contributed by atoms with Crippen molar-refractivity contribution >= 4 is 12.0 Å². The van der Waals surface area contributed by atoms with Crippen LogP contribution in [0.15, 0.2) is 60.7 Å². The number of ether oxygens (including phenoxy) is 1. The lowest BCUT2D eigenvalue weighted by Gasteiger charge is -2.04. The molecule has 0 aromatic heterocycles. The smallest absolute Gasteiger partial charge is 0.338 e. The number of carbonyl (C=O) groups excluding carboxylic acids is 1. The predicted octanol–water partition coefficient (Wildman–Crippen LogP) is 3.38. The van der Waals surface area contributed by atoms with Crippen LogP contribution < -0.4 is 0 Å². The van der Waals surface area contributed by atoms with Gasteiger partial charge in [-0.2, -0.15) is 0 Å². The van der Waals surface area contributed by atoms with Crippen LogP contribution in [0.3, 0.4) is 0 Å². The Balaban J connectivity index is 2.64. The highest BCUT2D eigenvalue weighted by molar-refractivity contribution is 5.93. The first-order valence-electron chi connectivity index (χ1n) is 5.43. The van der Waals surface area contributed by atoms with Crippen molar-refractivity contribution in [3.63, 3.8) is 0 Å². The van der Waals surface area contributed by atoms with Crippen molar-refractivity contribution in [3.05, 3.63) is 66.3 Å². The second-order valence-corrected chi connectivity index (χ2v) is 3.47. The summed E-state index contributed by atoms with van der Waals surface area (Å²) in [5.74, 6) is -0.421. The summed E-state index contributed by atoms with van der Waals surface area (Å²) in [4.78, 5) is 11.4. The Morgan fingerprint density at radius 1 is 1.29 bits per heavy atom. The molecule has 0 aliphatic rings. The summed E-state index contributed by atoms with van der Waals surface area (Å²) in [5.41, 5.74) is 1.90. The third-order valence-electron chi connectivity index (χ3n) is 2.19. The fourth-order valence-corrected chi connectivity index (χ4v) is 1.21. The zero-order valence-corrected chi connectivity index (χ0v) is 9.98. The molecule has 0 bridgehead atoms. The molecular weight excluding hydrogens is 212 g/mol. The Labute approximate surface area is 102 Å². The molecule has 0 saturated carbocycles. The van der Waals surface area contributed by atoms with Crippen molar-refractivity contribution < 1.29 is 9.53 Å². The van der Waals surface area contributed by atoms with Crippen LogP contribution in [-0.2, 0) is 9.53 Å². The first-order chi connectivity index (χ1) is 8.15. The van der Waals surface area contributed by atoms with Gasteiger partial charge in [0, 0.05) is 0 Å². The summed E-state index contributed by atoms with van der Waals surface area (Å²) in [5, 5.41) is 0. The summed E-state index contributed by atoms with van der Waals surface area (Å²) < 4.78 is 4.84. The average molecular weight is 228 g/mol. The van der Waals surface area contributed by atoms with Crippen molar-refractivity contribution in [1.82, 2.24) is 0 Å². The Hall–Kier alpha value is -2.09. The highest BCUT2D eigenvalue weighted by atomic mass is 16.5. The van der Waals surface area contributed by atoms with Crippen molar-refractivity contribution in [3.8, 4) is 0 Å². The summed E-state index contributed by atoms with van der Waals surface area (Å²) in [7, 11) is 0.